The van der Waals surface area contributed by atoms with Gasteiger partial charge in [-0.05, 0) is 28.8 Å². The first-order chi connectivity index (χ1) is 8.09. The molecule has 0 aliphatic heterocycles. The number of halogens is 1. The number of nitrogens with zero attached hydrogens (tertiary/aromatic N) is 2. The Morgan fingerprint density at radius 2 is 2.24 bits per heavy atom. The molecule has 0 aromatic carbocycles. The molecule has 0 amide bonds. The van der Waals surface area contributed by atoms with Crippen molar-refractivity contribution in [2.24, 2.45) is 0 Å². The van der Waals surface area contributed by atoms with Crippen LogP contribution < -0.4 is 0 Å². The zero-order valence-electron chi connectivity index (χ0n) is 10.7. The molecule has 1 aromatic heterocycles. The van der Waals surface area contributed by atoms with Crippen LogP contribution in [0.1, 0.15) is 38.8 Å². The lowest BCUT2D eigenvalue weighted by Gasteiger charge is -2.28. The van der Waals surface area contributed by atoms with Gasteiger partial charge >= 0.3 is 0 Å². The van der Waals surface area contributed by atoms with E-state index in [0.29, 0.717) is 19.6 Å². The average Bonchev–Trinajstić information content (AvgIpc) is 2.68. The Hall–Kier alpha value is -0.390. The Morgan fingerprint density at radius 3 is 2.76 bits per heavy atom. The van der Waals surface area contributed by atoms with Crippen molar-refractivity contribution in [2.75, 3.05) is 13.7 Å². The van der Waals surface area contributed by atoms with E-state index in [4.69, 9.17) is 4.74 Å². The van der Waals surface area contributed by atoms with Gasteiger partial charge in [0.2, 0.25) is 0 Å². The van der Waals surface area contributed by atoms with E-state index in [1.165, 1.54) is 0 Å². The number of aromatic nitrogens is 2. The van der Waals surface area contributed by atoms with Gasteiger partial charge in [0.15, 0.2) is 0 Å². The summed E-state index contributed by atoms with van der Waals surface area (Å²) in [6, 6.07) is 0. The summed E-state index contributed by atoms with van der Waals surface area (Å²) in [5, 5.41) is 15.0. The van der Waals surface area contributed by atoms with E-state index in [0.717, 1.165) is 23.0 Å². The smallest absolute Gasteiger partial charge is 0.107 e. The van der Waals surface area contributed by atoms with Gasteiger partial charge in [-0.3, -0.25) is 4.68 Å². The first-order valence-corrected chi connectivity index (χ1v) is 6.81. The van der Waals surface area contributed by atoms with E-state index in [-0.39, 0.29) is 0 Å². The number of hydrogen-bond donors (Lipinski definition) is 1. The molecule has 5 heteroatoms. The van der Waals surface area contributed by atoms with E-state index in [1.54, 1.807) is 13.3 Å². The van der Waals surface area contributed by atoms with Gasteiger partial charge in [-0.15, -0.1) is 0 Å². The topological polar surface area (TPSA) is 47.3 Å². The van der Waals surface area contributed by atoms with Crippen molar-refractivity contribution in [3.05, 3.63) is 16.4 Å². The molecule has 1 rings (SSSR count). The van der Waals surface area contributed by atoms with Crippen molar-refractivity contribution in [2.45, 2.75) is 45.3 Å². The Kier molecular flexibility index (Phi) is 5.62. The number of ether oxygens (including phenoxy) is 1. The van der Waals surface area contributed by atoms with Crippen LogP contribution in [0.2, 0.25) is 0 Å². The number of aliphatic hydroxyl groups is 1. The SMILES string of the molecule is CCCC(O)(CC)c1c(Br)cnn1CCOC. The second-order valence-corrected chi connectivity index (χ2v) is 5.05. The fourth-order valence-corrected chi connectivity index (χ4v) is 2.71. The minimum Gasteiger partial charge on any atom is -0.384 e. The molecule has 0 radical (unpaired) electrons. The Morgan fingerprint density at radius 1 is 1.53 bits per heavy atom. The summed E-state index contributed by atoms with van der Waals surface area (Å²) in [6.07, 6.45) is 4.09. The highest BCUT2D eigenvalue weighted by Gasteiger charge is 2.32. The zero-order chi connectivity index (χ0) is 12.9. The normalized spacial score (nSPS) is 14.9. The van der Waals surface area contributed by atoms with Crippen LogP contribution in [-0.4, -0.2) is 28.6 Å². The van der Waals surface area contributed by atoms with Gasteiger partial charge in [-0.25, -0.2) is 0 Å². The first kappa shape index (κ1) is 14.7. The number of hydrogen-bond acceptors (Lipinski definition) is 3. The maximum absolute atomic E-state index is 10.7. The zero-order valence-corrected chi connectivity index (χ0v) is 12.3. The maximum atomic E-state index is 10.7. The lowest BCUT2D eigenvalue weighted by molar-refractivity contribution is 0.0118. The van der Waals surface area contributed by atoms with Crippen LogP contribution in [0.5, 0.6) is 0 Å². The Balaban J connectivity index is 3.04. The highest BCUT2D eigenvalue weighted by molar-refractivity contribution is 9.10. The molecule has 1 unspecified atom stereocenters. The van der Waals surface area contributed by atoms with Gasteiger partial charge < -0.3 is 9.84 Å². The molecule has 0 aliphatic rings. The van der Waals surface area contributed by atoms with Crippen molar-refractivity contribution < 1.29 is 9.84 Å². The summed E-state index contributed by atoms with van der Waals surface area (Å²) in [5.41, 5.74) is 0.0524. The van der Waals surface area contributed by atoms with Crippen LogP contribution >= 0.6 is 15.9 Å². The van der Waals surface area contributed by atoms with Crippen molar-refractivity contribution in [3.8, 4) is 0 Å². The van der Waals surface area contributed by atoms with E-state index in [9.17, 15) is 5.11 Å². The predicted octanol–water partition coefficient (Wildman–Crippen LogP) is 2.69. The molecule has 1 heterocycles. The van der Waals surface area contributed by atoms with Gasteiger partial charge in [0, 0.05) is 7.11 Å². The van der Waals surface area contributed by atoms with E-state index >= 15 is 0 Å². The van der Waals surface area contributed by atoms with Crippen molar-refractivity contribution in [1.29, 1.82) is 0 Å². The lowest BCUT2D eigenvalue weighted by Crippen LogP contribution is -2.29. The third-order valence-corrected chi connectivity index (χ3v) is 3.57. The highest BCUT2D eigenvalue weighted by atomic mass is 79.9. The van der Waals surface area contributed by atoms with E-state index in [1.807, 2.05) is 11.6 Å². The molecule has 17 heavy (non-hydrogen) atoms. The van der Waals surface area contributed by atoms with Gasteiger partial charge in [0.1, 0.15) is 5.60 Å². The molecule has 0 saturated heterocycles. The summed E-state index contributed by atoms with van der Waals surface area (Å²) in [4.78, 5) is 0. The number of methoxy groups -OCH3 is 1. The fraction of sp³-hybridized carbons (Fsp3) is 0.750. The van der Waals surface area contributed by atoms with Crippen LogP contribution in [0.4, 0.5) is 0 Å². The van der Waals surface area contributed by atoms with Crippen LogP contribution in [0.25, 0.3) is 0 Å². The summed E-state index contributed by atoms with van der Waals surface area (Å²) < 4.78 is 7.75. The molecule has 0 spiro atoms. The molecule has 1 N–H and O–H groups in total. The first-order valence-electron chi connectivity index (χ1n) is 6.02. The number of rotatable bonds is 7. The molecule has 1 aromatic rings. The average molecular weight is 305 g/mol. The molecule has 0 saturated carbocycles. The Bertz CT molecular complexity index is 354. The minimum atomic E-state index is -0.808. The molecular weight excluding hydrogens is 284 g/mol. The maximum Gasteiger partial charge on any atom is 0.107 e. The Labute approximate surface area is 111 Å². The quantitative estimate of drug-likeness (QED) is 0.842. The second-order valence-electron chi connectivity index (χ2n) is 4.19. The second kappa shape index (κ2) is 6.52. The monoisotopic (exact) mass is 304 g/mol. The molecule has 4 nitrogen and oxygen atoms in total. The van der Waals surface area contributed by atoms with Gasteiger partial charge in [0.25, 0.3) is 0 Å². The fourth-order valence-electron chi connectivity index (χ4n) is 2.05. The molecule has 0 bridgehead atoms. The van der Waals surface area contributed by atoms with Gasteiger partial charge in [-0.1, -0.05) is 20.3 Å². The summed E-state index contributed by atoms with van der Waals surface area (Å²) in [7, 11) is 1.66. The van der Waals surface area contributed by atoms with E-state index in [2.05, 4.69) is 28.0 Å². The summed E-state index contributed by atoms with van der Waals surface area (Å²) >= 11 is 3.47. The van der Waals surface area contributed by atoms with Crippen molar-refractivity contribution >= 4 is 15.9 Å². The standard InChI is InChI=1S/C12H21BrN2O2/c1-4-6-12(16,5-2)11-10(13)9-14-15(11)7-8-17-3/h9,16H,4-8H2,1-3H3. The molecule has 0 fully saturated rings. The molecular formula is C12H21BrN2O2. The van der Waals surface area contributed by atoms with Crippen LogP contribution in [0, 0.1) is 0 Å². The van der Waals surface area contributed by atoms with Crippen LogP contribution in [-0.2, 0) is 16.9 Å². The third-order valence-electron chi connectivity index (χ3n) is 2.99. The predicted molar refractivity (Wildman–Crippen MR) is 70.9 cm³/mol. The minimum absolute atomic E-state index is 0.590. The van der Waals surface area contributed by atoms with E-state index < -0.39 is 5.60 Å². The highest BCUT2D eigenvalue weighted by Crippen LogP contribution is 2.34. The largest absolute Gasteiger partial charge is 0.384 e. The third kappa shape index (κ3) is 3.30. The summed E-state index contributed by atoms with van der Waals surface area (Å²) in [5.74, 6) is 0. The van der Waals surface area contributed by atoms with Crippen molar-refractivity contribution in [1.82, 2.24) is 9.78 Å². The van der Waals surface area contributed by atoms with Crippen LogP contribution in [0.15, 0.2) is 10.7 Å². The lowest BCUT2D eigenvalue weighted by atomic mass is 9.91. The molecule has 1 atom stereocenters. The van der Waals surface area contributed by atoms with Gasteiger partial charge in [-0.2, -0.15) is 5.10 Å². The molecule has 98 valence electrons. The van der Waals surface area contributed by atoms with Gasteiger partial charge in [0.05, 0.1) is 29.5 Å². The summed E-state index contributed by atoms with van der Waals surface area (Å²) in [6.45, 7) is 5.32. The van der Waals surface area contributed by atoms with Crippen LogP contribution in [0.3, 0.4) is 0 Å². The van der Waals surface area contributed by atoms with Crippen molar-refractivity contribution in [3.63, 3.8) is 0 Å². The molecule has 0 aliphatic carbocycles.